The predicted molar refractivity (Wildman–Crippen MR) is 70.3 cm³/mol. The molecule has 1 unspecified atom stereocenters. The maximum absolute atomic E-state index is 11.1. The second-order valence-corrected chi connectivity index (χ2v) is 6.54. The van der Waals surface area contributed by atoms with Crippen molar-refractivity contribution in [3.63, 3.8) is 0 Å². The fourth-order valence-electron chi connectivity index (χ4n) is 1.75. The fourth-order valence-corrected chi connectivity index (χ4v) is 2.56. The second kappa shape index (κ2) is 11.2. The lowest BCUT2D eigenvalue weighted by atomic mass is 10.1. The summed E-state index contributed by atoms with van der Waals surface area (Å²) < 4.78 is 15.6. The van der Waals surface area contributed by atoms with Crippen LogP contribution in [0.2, 0.25) is 0 Å². The van der Waals surface area contributed by atoms with E-state index in [9.17, 15) is 4.57 Å². The zero-order valence-electron chi connectivity index (χ0n) is 10.9. The lowest BCUT2D eigenvalue weighted by molar-refractivity contribution is 0.282. The van der Waals surface area contributed by atoms with Crippen molar-refractivity contribution in [3.8, 4) is 0 Å². The fraction of sp³-hybridized carbons (Fsp3) is 1.00. The molecule has 104 valence electrons. The molecule has 17 heavy (non-hydrogen) atoms. The molecule has 0 aliphatic heterocycles. The van der Waals surface area contributed by atoms with Crippen LogP contribution in [0.1, 0.15) is 57.8 Å². The van der Waals surface area contributed by atoms with Gasteiger partial charge in [-0.1, -0.05) is 44.9 Å². The first-order valence-electron chi connectivity index (χ1n) is 6.61. The van der Waals surface area contributed by atoms with Crippen LogP contribution in [0.5, 0.6) is 0 Å². The summed E-state index contributed by atoms with van der Waals surface area (Å²) in [6.07, 6.45) is 10.1. The quantitative estimate of drug-likeness (QED) is 0.420. The van der Waals surface area contributed by atoms with E-state index in [2.05, 4.69) is 4.52 Å². The van der Waals surface area contributed by atoms with E-state index in [1.165, 1.54) is 32.8 Å². The maximum atomic E-state index is 11.1. The summed E-state index contributed by atoms with van der Waals surface area (Å²) in [5, 5.41) is 8.60. The summed E-state index contributed by atoms with van der Waals surface area (Å²) in [6.45, 7) is 0.306. The number of unbranched alkanes of at least 4 members (excludes halogenated alkanes) is 8. The van der Waals surface area contributed by atoms with Gasteiger partial charge in [0.25, 0.3) is 0 Å². The average Bonchev–Trinajstić information content (AvgIpc) is 2.31. The lowest BCUT2D eigenvalue weighted by Gasteiger charge is -2.07. The van der Waals surface area contributed by atoms with Gasteiger partial charge < -0.3 is 14.5 Å². The molecule has 1 atom stereocenters. The third kappa shape index (κ3) is 12.4. The highest BCUT2D eigenvalue weighted by Crippen LogP contribution is 2.41. The number of hydrogen-bond donors (Lipinski definition) is 2. The predicted octanol–water partition coefficient (Wildman–Crippen LogP) is 3.32. The molecule has 0 rings (SSSR count). The first-order chi connectivity index (χ1) is 8.12. The Morgan fingerprint density at radius 3 is 1.71 bits per heavy atom. The Hall–Kier alpha value is 0.110. The van der Waals surface area contributed by atoms with Crippen molar-refractivity contribution < 1.29 is 19.1 Å². The maximum Gasteiger partial charge on any atom is 0.327 e. The summed E-state index contributed by atoms with van der Waals surface area (Å²) in [5.41, 5.74) is 0. The summed E-state index contributed by atoms with van der Waals surface area (Å²) in [7, 11) is -1.99. The molecule has 0 heterocycles. The molecule has 4 nitrogen and oxygen atoms in total. The molecule has 0 saturated carbocycles. The summed E-state index contributed by atoms with van der Waals surface area (Å²) >= 11 is 0. The smallest absolute Gasteiger partial charge is 0.327 e. The minimum Gasteiger partial charge on any atom is -0.396 e. The van der Waals surface area contributed by atoms with Crippen molar-refractivity contribution >= 4 is 7.60 Å². The van der Waals surface area contributed by atoms with E-state index in [4.69, 9.17) is 10.00 Å². The molecular weight excluding hydrogens is 239 g/mol. The van der Waals surface area contributed by atoms with Gasteiger partial charge in [0.15, 0.2) is 0 Å². The highest BCUT2D eigenvalue weighted by molar-refractivity contribution is 7.52. The Kier molecular flexibility index (Phi) is 11.3. The van der Waals surface area contributed by atoms with Crippen LogP contribution < -0.4 is 0 Å². The molecule has 2 N–H and O–H groups in total. The minimum atomic E-state index is -3.27. The van der Waals surface area contributed by atoms with Gasteiger partial charge in [-0.05, 0) is 12.8 Å². The standard InChI is InChI=1S/C12H27O4P/c1-16-17(14,15)12-10-8-6-4-2-3-5-7-9-11-13/h13H,2-12H2,1H3,(H,14,15). The molecule has 0 saturated heterocycles. The van der Waals surface area contributed by atoms with Crippen molar-refractivity contribution in [1.82, 2.24) is 0 Å². The third-order valence-corrected chi connectivity index (χ3v) is 4.34. The molecule has 0 radical (unpaired) electrons. The van der Waals surface area contributed by atoms with Crippen molar-refractivity contribution in [1.29, 1.82) is 0 Å². The van der Waals surface area contributed by atoms with Gasteiger partial charge in [-0.3, -0.25) is 4.57 Å². The Bertz CT molecular complexity index is 209. The van der Waals surface area contributed by atoms with E-state index in [1.807, 2.05) is 0 Å². The monoisotopic (exact) mass is 266 g/mol. The van der Waals surface area contributed by atoms with Crippen LogP contribution in [0.25, 0.3) is 0 Å². The minimum absolute atomic E-state index is 0.278. The molecule has 0 aromatic heterocycles. The van der Waals surface area contributed by atoms with Gasteiger partial charge in [0.1, 0.15) is 0 Å². The van der Waals surface area contributed by atoms with E-state index >= 15 is 0 Å². The van der Waals surface area contributed by atoms with Crippen LogP contribution in [0, 0.1) is 0 Å². The Morgan fingerprint density at radius 1 is 0.882 bits per heavy atom. The molecule has 0 aliphatic rings. The zero-order chi connectivity index (χ0) is 13.0. The molecule has 0 aromatic carbocycles. The topological polar surface area (TPSA) is 66.8 Å². The highest BCUT2D eigenvalue weighted by atomic mass is 31.2. The van der Waals surface area contributed by atoms with E-state index < -0.39 is 7.60 Å². The molecule has 0 aliphatic carbocycles. The summed E-state index contributed by atoms with van der Waals surface area (Å²) in [5.74, 6) is 0. The number of hydrogen-bond acceptors (Lipinski definition) is 3. The SMILES string of the molecule is COP(=O)(O)CCCCCCCCCCCO. The number of aliphatic hydroxyl groups excluding tert-OH is 1. The first kappa shape index (κ1) is 17.1. The van der Waals surface area contributed by atoms with Crippen LogP contribution in [0.15, 0.2) is 0 Å². The third-order valence-electron chi connectivity index (χ3n) is 2.88. The normalized spacial score (nSPS) is 14.8. The van der Waals surface area contributed by atoms with Gasteiger partial charge in [-0.25, -0.2) is 0 Å². The molecule has 0 amide bonds. The number of rotatable bonds is 12. The van der Waals surface area contributed by atoms with Crippen molar-refractivity contribution in [3.05, 3.63) is 0 Å². The molecular formula is C12H27O4P. The van der Waals surface area contributed by atoms with Crippen LogP contribution in [-0.4, -0.2) is 29.9 Å². The van der Waals surface area contributed by atoms with E-state index in [0.717, 1.165) is 32.1 Å². The molecule has 0 spiro atoms. The summed E-state index contributed by atoms with van der Waals surface area (Å²) in [4.78, 5) is 9.16. The second-order valence-electron chi connectivity index (χ2n) is 4.45. The Balaban J connectivity index is 3.11. The molecule has 0 fully saturated rings. The molecule has 0 aromatic rings. The van der Waals surface area contributed by atoms with Crippen molar-refractivity contribution in [2.24, 2.45) is 0 Å². The average molecular weight is 266 g/mol. The Morgan fingerprint density at radius 2 is 1.29 bits per heavy atom. The van der Waals surface area contributed by atoms with Crippen molar-refractivity contribution in [2.75, 3.05) is 19.9 Å². The Labute approximate surface area is 105 Å². The van der Waals surface area contributed by atoms with Gasteiger partial charge in [0, 0.05) is 19.9 Å². The first-order valence-corrected chi connectivity index (χ1v) is 8.37. The van der Waals surface area contributed by atoms with Gasteiger partial charge in [0.05, 0.1) is 0 Å². The molecule has 5 heteroatoms. The van der Waals surface area contributed by atoms with Crippen LogP contribution >= 0.6 is 7.60 Å². The van der Waals surface area contributed by atoms with Crippen LogP contribution in [0.4, 0.5) is 0 Å². The van der Waals surface area contributed by atoms with Gasteiger partial charge in [0.2, 0.25) is 0 Å². The molecule has 0 bridgehead atoms. The van der Waals surface area contributed by atoms with Gasteiger partial charge in [-0.15, -0.1) is 0 Å². The summed E-state index contributed by atoms with van der Waals surface area (Å²) in [6, 6.07) is 0. The van der Waals surface area contributed by atoms with Crippen molar-refractivity contribution in [2.45, 2.75) is 57.8 Å². The van der Waals surface area contributed by atoms with E-state index in [0.29, 0.717) is 6.61 Å². The lowest BCUT2D eigenvalue weighted by Crippen LogP contribution is -1.91. The van der Waals surface area contributed by atoms with E-state index in [1.54, 1.807) is 0 Å². The van der Waals surface area contributed by atoms with Gasteiger partial charge >= 0.3 is 7.60 Å². The zero-order valence-corrected chi connectivity index (χ0v) is 11.8. The number of aliphatic hydroxyl groups is 1. The van der Waals surface area contributed by atoms with Gasteiger partial charge in [-0.2, -0.15) is 0 Å². The van der Waals surface area contributed by atoms with Crippen LogP contribution in [0.3, 0.4) is 0 Å². The highest BCUT2D eigenvalue weighted by Gasteiger charge is 2.15. The largest absolute Gasteiger partial charge is 0.396 e. The van der Waals surface area contributed by atoms with E-state index in [-0.39, 0.29) is 6.16 Å². The van der Waals surface area contributed by atoms with Crippen LogP contribution in [-0.2, 0) is 9.09 Å².